The molecule has 0 aromatic rings. The minimum Gasteiger partial charge on any atom is -0.337 e. The van der Waals surface area contributed by atoms with Crippen LogP contribution in [0.5, 0.6) is 0 Å². The third-order valence-corrected chi connectivity index (χ3v) is 0.118. The monoisotopic (exact) mass is 201 g/mol. The molecule has 0 aliphatic rings. The molecule has 0 heterocycles. The normalized spacial score (nSPS) is 4.17. The van der Waals surface area contributed by atoms with Gasteiger partial charge >= 0.3 is 0 Å². The van der Waals surface area contributed by atoms with Gasteiger partial charge in [0.25, 0.3) is 0 Å². The van der Waals surface area contributed by atoms with Gasteiger partial charge in [-0.2, -0.15) is 0 Å². The summed E-state index contributed by atoms with van der Waals surface area (Å²) in [5.41, 5.74) is 0. The van der Waals surface area contributed by atoms with Crippen LogP contribution in [0.3, 0.4) is 0 Å². The Balaban J connectivity index is -0.0000000450. The van der Waals surface area contributed by atoms with Crippen LogP contribution < -0.4 is 0 Å². The third-order valence-electron chi connectivity index (χ3n) is 0.118. The van der Waals surface area contributed by atoms with Crippen molar-refractivity contribution in [3.8, 4) is 0 Å². The molecule has 34 valence electrons. The van der Waals surface area contributed by atoms with Gasteiger partial charge in [0.05, 0.1) is 6.29 Å². The minimum atomic E-state index is 0. The van der Waals surface area contributed by atoms with Gasteiger partial charge in [-0.25, -0.2) is 0 Å². The van der Waals surface area contributed by atoms with E-state index in [2.05, 4.69) is 6.92 Å². The zero-order chi connectivity index (χ0) is 3.41. The first-order valence-corrected chi connectivity index (χ1v) is 1.14. The molecule has 0 saturated heterocycles. The van der Waals surface area contributed by atoms with E-state index < -0.39 is 0 Å². The number of aldehydes is 1. The first kappa shape index (κ1) is 15.9. The van der Waals surface area contributed by atoms with Gasteiger partial charge in [-0.3, -0.25) is 0 Å². The summed E-state index contributed by atoms with van der Waals surface area (Å²) in [5.74, 6) is 0. The Hall–Kier alpha value is 0.773. The fourth-order valence-electron chi connectivity index (χ4n) is 0. The van der Waals surface area contributed by atoms with E-state index >= 15 is 0 Å². The van der Waals surface area contributed by atoms with Crippen molar-refractivity contribution in [3.05, 3.63) is 6.92 Å². The van der Waals surface area contributed by atoms with Crippen LogP contribution in [0.15, 0.2) is 0 Å². The molecule has 0 aromatic heterocycles. The molecule has 0 atom stereocenters. The van der Waals surface area contributed by atoms with Crippen LogP contribution in [-0.2, 0) is 24.3 Å². The standard InChI is InChI=1S/C3H5O.BrH.Zn/c1-2-3-4;;/h3H,1-2H2;1H;/q-1;;. The molecule has 0 fully saturated rings. The average Bonchev–Trinajstić information content (AvgIpc) is 1.37. The van der Waals surface area contributed by atoms with Gasteiger partial charge in [0, 0.05) is 19.5 Å². The molecule has 1 nitrogen and oxygen atoms in total. The van der Waals surface area contributed by atoms with E-state index in [1.807, 2.05) is 0 Å². The van der Waals surface area contributed by atoms with Crippen molar-refractivity contribution in [2.45, 2.75) is 6.42 Å². The summed E-state index contributed by atoms with van der Waals surface area (Å²) >= 11 is 0. The molecule has 0 aliphatic carbocycles. The fraction of sp³-hybridized carbons (Fsp3) is 0.333. The maximum atomic E-state index is 9.11. The van der Waals surface area contributed by atoms with Gasteiger partial charge in [-0.05, 0) is 0 Å². The zero-order valence-electron chi connectivity index (χ0n) is 3.52. The fourth-order valence-corrected chi connectivity index (χ4v) is 0. The molecule has 0 unspecified atom stereocenters. The van der Waals surface area contributed by atoms with Crippen molar-refractivity contribution in [1.82, 2.24) is 0 Å². The van der Waals surface area contributed by atoms with Crippen molar-refractivity contribution >= 4 is 23.3 Å². The van der Waals surface area contributed by atoms with Gasteiger partial charge in [-0.15, -0.1) is 23.4 Å². The van der Waals surface area contributed by atoms with Crippen LogP contribution in [0.25, 0.3) is 0 Å². The van der Waals surface area contributed by atoms with Crippen LogP contribution in [0.2, 0.25) is 0 Å². The van der Waals surface area contributed by atoms with E-state index in [1.54, 1.807) is 0 Å². The Labute approximate surface area is 61.0 Å². The smallest absolute Gasteiger partial charge is 0.0898 e. The van der Waals surface area contributed by atoms with E-state index in [0.717, 1.165) is 6.29 Å². The number of carbonyl (C=O) groups is 1. The van der Waals surface area contributed by atoms with Crippen molar-refractivity contribution in [2.75, 3.05) is 0 Å². The number of rotatable bonds is 1. The SMILES string of the molecule is Br.[CH2-]CC=O.[Zn]. The molecule has 3 heteroatoms. The Morgan fingerprint density at radius 3 is 1.83 bits per heavy atom. The molecule has 0 amide bonds. The predicted molar refractivity (Wildman–Crippen MR) is 26.4 cm³/mol. The van der Waals surface area contributed by atoms with Gasteiger partial charge in [-0.1, -0.05) is 0 Å². The molecular formula is C3H6BrOZn-. The van der Waals surface area contributed by atoms with E-state index in [0.29, 0.717) is 6.42 Å². The van der Waals surface area contributed by atoms with Crippen LogP contribution in [-0.4, -0.2) is 6.29 Å². The van der Waals surface area contributed by atoms with Crippen molar-refractivity contribution in [2.24, 2.45) is 0 Å². The van der Waals surface area contributed by atoms with Crippen molar-refractivity contribution < 1.29 is 24.3 Å². The second-order valence-electron chi connectivity index (χ2n) is 0.455. The Morgan fingerprint density at radius 1 is 1.67 bits per heavy atom. The van der Waals surface area contributed by atoms with Crippen molar-refractivity contribution in [1.29, 1.82) is 0 Å². The Morgan fingerprint density at radius 2 is 1.83 bits per heavy atom. The van der Waals surface area contributed by atoms with Gasteiger partial charge in [0.1, 0.15) is 0 Å². The largest absolute Gasteiger partial charge is 0.337 e. The first-order valence-electron chi connectivity index (χ1n) is 1.14. The molecule has 0 aromatic carbocycles. The van der Waals surface area contributed by atoms with Crippen molar-refractivity contribution in [3.63, 3.8) is 0 Å². The molecule has 0 aliphatic heterocycles. The third kappa shape index (κ3) is 21.6. The molecule has 0 spiro atoms. The summed E-state index contributed by atoms with van der Waals surface area (Å²) in [6, 6.07) is 0. The predicted octanol–water partition coefficient (Wildman–Crippen LogP) is 0.985. The summed E-state index contributed by atoms with van der Waals surface area (Å²) < 4.78 is 0. The second-order valence-corrected chi connectivity index (χ2v) is 0.455. The molecule has 0 radical (unpaired) electrons. The molecule has 0 rings (SSSR count). The van der Waals surface area contributed by atoms with Gasteiger partial charge in [0.2, 0.25) is 0 Å². The molecule has 6 heavy (non-hydrogen) atoms. The second kappa shape index (κ2) is 17.1. The molecule has 0 N–H and O–H groups in total. The Kier molecular flexibility index (Phi) is 45.2. The summed E-state index contributed by atoms with van der Waals surface area (Å²) in [6.07, 6.45) is 1.15. The topological polar surface area (TPSA) is 17.1 Å². The summed E-state index contributed by atoms with van der Waals surface area (Å²) in [4.78, 5) is 9.11. The molecule has 0 bridgehead atoms. The summed E-state index contributed by atoms with van der Waals surface area (Å²) in [5, 5.41) is 0. The van der Waals surface area contributed by atoms with Crippen LogP contribution in [0.4, 0.5) is 0 Å². The average molecular weight is 203 g/mol. The maximum absolute atomic E-state index is 9.11. The van der Waals surface area contributed by atoms with E-state index in [1.165, 1.54) is 0 Å². The molecule has 0 saturated carbocycles. The first-order chi connectivity index (χ1) is 1.91. The van der Waals surface area contributed by atoms with Crippen LogP contribution in [0, 0.1) is 6.92 Å². The van der Waals surface area contributed by atoms with E-state index in [4.69, 9.17) is 4.79 Å². The number of halogens is 1. The van der Waals surface area contributed by atoms with E-state index in [9.17, 15) is 0 Å². The zero-order valence-corrected chi connectivity index (χ0v) is 8.20. The molecular weight excluding hydrogens is 197 g/mol. The number of hydrogen-bond acceptors (Lipinski definition) is 1. The Bertz CT molecular complexity index is 24.8. The van der Waals surface area contributed by atoms with Crippen LogP contribution in [0.1, 0.15) is 6.42 Å². The number of carbonyl (C=O) groups excluding carboxylic acids is 1. The van der Waals surface area contributed by atoms with Gasteiger partial charge < -0.3 is 11.7 Å². The van der Waals surface area contributed by atoms with Crippen LogP contribution >= 0.6 is 17.0 Å². The minimum absolute atomic E-state index is 0. The maximum Gasteiger partial charge on any atom is 0.0898 e. The van der Waals surface area contributed by atoms with Gasteiger partial charge in [0.15, 0.2) is 0 Å². The quantitative estimate of drug-likeness (QED) is 0.353. The summed E-state index contributed by atoms with van der Waals surface area (Å²) in [7, 11) is 0. The van der Waals surface area contributed by atoms with E-state index in [-0.39, 0.29) is 36.5 Å². The summed E-state index contributed by atoms with van der Waals surface area (Å²) in [6.45, 7) is 3.24. The number of hydrogen-bond donors (Lipinski definition) is 0.